The first kappa shape index (κ1) is 14.2. The minimum Gasteiger partial charge on any atom is -0.310 e. The second-order valence-electron chi connectivity index (χ2n) is 4.89. The van der Waals surface area contributed by atoms with Gasteiger partial charge in [-0.3, -0.25) is 4.21 Å². The van der Waals surface area contributed by atoms with Crippen molar-refractivity contribution in [2.24, 2.45) is 5.73 Å². The molecule has 2 N–H and O–H groups in total. The number of hydrogen-bond acceptors (Lipinski definition) is 4. The van der Waals surface area contributed by atoms with E-state index in [1.54, 1.807) is 0 Å². The van der Waals surface area contributed by atoms with E-state index in [0.717, 1.165) is 36.7 Å². The van der Waals surface area contributed by atoms with Gasteiger partial charge in [-0.2, -0.15) is 5.26 Å². The molecule has 1 saturated heterocycles. The van der Waals surface area contributed by atoms with Crippen molar-refractivity contribution < 1.29 is 4.21 Å². The van der Waals surface area contributed by atoms with Crippen LogP contribution in [0.2, 0.25) is 0 Å². The summed E-state index contributed by atoms with van der Waals surface area (Å²) < 4.78 is 11.3. The Morgan fingerprint density at radius 1 is 1.32 bits per heavy atom. The first-order valence-corrected chi connectivity index (χ1v) is 7.96. The van der Waals surface area contributed by atoms with Crippen LogP contribution in [0.1, 0.15) is 12.0 Å². The number of hydrogen-bond donors (Lipinski definition) is 1. The Morgan fingerprint density at radius 2 is 1.95 bits per heavy atom. The molecule has 5 heteroatoms. The molecular formula is C14H19N3OS. The molecule has 0 saturated carbocycles. The molecule has 1 aromatic carbocycles. The fourth-order valence-electron chi connectivity index (χ4n) is 2.23. The van der Waals surface area contributed by atoms with Gasteiger partial charge < -0.3 is 10.6 Å². The van der Waals surface area contributed by atoms with Crippen molar-refractivity contribution in [3.8, 4) is 6.07 Å². The van der Waals surface area contributed by atoms with E-state index in [4.69, 9.17) is 5.73 Å². The predicted octanol–water partition coefficient (Wildman–Crippen LogP) is 0.819. The van der Waals surface area contributed by atoms with E-state index in [1.165, 1.54) is 0 Å². The van der Waals surface area contributed by atoms with Gasteiger partial charge in [0.15, 0.2) is 0 Å². The summed E-state index contributed by atoms with van der Waals surface area (Å²) in [5.41, 5.74) is 6.14. The van der Waals surface area contributed by atoms with Crippen LogP contribution in [0, 0.1) is 11.3 Å². The highest BCUT2D eigenvalue weighted by Gasteiger charge is 2.28. The zero-order valence-corrected chi connectivity index (χ0v) is 11.7. The maximum Gasteiger partial charge on any atom is 0.131 e. The van der Waals surface area contributed by atoms with Gasteiger partial charge in [0.1, 0.15) is 5.54 Å². The molecule has 0 bridgehead atoms. The third-order valence-electron chi connectivity index (χ3n) is 3.58. The fraction of sp³-hybridized carbons (Fsp3) is 0.500. The summed E-state index contributed by atoms with van der Waals surface area (Å²) in [4.78, 5) is 2.24. The first-order valence-electron chi connectivity index (χ1n) is 6.47. The molecule has 0 aromatic heterocycles. The summed E-state index contributed by atoms with van der Waals surface area (Å²) >= 11 is 0. The normalized spacial score (nSPS) is 20.6. The van der Waals surface area contributed by atoms with Crippen LogP contribution in [-0.4, -0.2) is 40.2 Å². The zero-order chi connectivity index (χ0) is 13.7. The van der Waals surface area contributed by atoms with Crippen molar-refractivity contribution in [3.63, 3.8) is 0 Å². The van der Waals surface area contributed by atoms with Crippen LogP contribution in [0.4, 0.5) is 0 Å². The lowest BCUT2D eigenvalue weighted by molar-refractivity contribution is 0.274. The smallest absolute Gasteiger partial charge is 0.131 e. The van der Waals surface area contributed by atoms with E-state index in [0.29, 0.717) is 6.42 Å². The molecule has 0 radical (unpaired) electrons. The van der Waals surface area contributed by atoms with Gasteiger partial charge in [-0.05, 0) is 12.0 Å². The highest BCUT2D eigenvalue weighted by molar-refractivity contribution is 7.85. The van der Waals surface area contributed by atoms with E-state index >= 15 is 0 Å². The minimum absolute atomic E-state index is 0.597. The molecule has 1 heterocycles. The maximum absolute atomic E-state index is 11.3. The zero-order valence-electron chi connectivity index (χ0n) is 10.9. The van der Waals surface area contributed by atoms with Crippen molar-refractivity contribution in [1.29, 1.82) is 5.26 Å². The molecule has 0 amide bonds. The van der Waals surface area contributed by atoms with Gasteiger partial charge in [-0.25, -0.2) is 0 Å². The summed E-state index contributed by atoms with van der Waals surface area (Å²) in [6.07, 6.45) is 0.597. The largest absolute Gasteiger partial charge is 0.310 e. The Hall–Kier alpha value is -1.22. The van der Waals surface area contributed by atoms with E-state index < -0.39 is 16.3 Å². The number of nitriles is 1. The number of nitrogens with two attached hydrogens (primary N) is 1. The van der Waals surface area contributed by atoms with Crippen molar-refractivity contribution in [1.82, 2.24) is 4.90 Å². The van der Waals surface area contributed by atoms with Crippen LogP contribution in [0.5, 0.6) is 0 Å². The second-order valence-corrected chi connectivity index (χ2v) is 6.59. The average molecular weight is 277 g/mol. The molecule has 1 aromatic rings. The van der Waals surface area contributed by atoms with Gasteiger partial charge in [0.2, 0.25) is 0 Å². The molecule has 102 valence electrons. The highest BCUT2D eigenvalue weighted by Crippen LogP contribution is 2.21. The fourth-order valence-corrected chi connectivity index (χ4v) is 3.36. The SMILES string of the molecule is N#CC(N)(CCN1CCS(=O)CC1)c1ccccc1. The topological polar surface area (TPSA) is 70.1 Å². The summed E-state index contributed by atoms with van der Waals surface area (Å²) in [5.74, 6) is 1.46. The Morgan fingerprint density at radius 3 is 2.53 bits per heavy atom. The molecule has 0 aliphatic carbocycles. The lowest BCUT2D eigenvalue weighted by Gasteiger charge is -2.29. The minimum atomic E-state index is -0.933. The summed E-state index contributed by atoms with van der Waals surface area (Å²) in [6.45, 7) is 2.45. The van der Waals surface area contributed by atoms with Crippen LogP contribution in [0.15, 0.2) is 30.3 Å². The summed E-state index contributed by atoms with van der Waals surface area (Å²) in [7, 11) is -0.661. The molecule has 1 fully saturated rings. The predicted molar refractivity (Wildman–Crippen MR) is 76.9 cm³/mol. The van der Waals surface area contributed by atoms with Crippen molar-refractivity contribution >= 4 is 10.8 Å². The molecule has 4 nitrogen and oxygen atoms in total. The standard InChI is InChI=1S/C14H19N3OS/c15-12-14(16,13-4-2-1-3-5-13)6-7-17-8-10-19(18)11-9-17/h1-5H,6-11,16H2. The molecule has 0 spiro atoms. The number of nitrogens with zero attached hydrogens (tertiary/aromatic N) is 2. The van der Waals surface area contributed by atoms with E-state index in [2.05, 4.69) is 11.0 Å². The van der Waals surface area contributed by atoms with Crippen LogP contribution in [-0.2, 0) is 16.3 Å². The molecular weight excluding hydrogens is 258 g/mol. The van der Waals surface area contributed by atoms with Gasteiger partial charge in [0.05, 0.1) is 6.07 Å². The molecule has 19 heavy (non-hydrogen) atoms. The average Bonchev–Trinajstić information content (AvgIpc) is 2.47. The number of benzene rings is 1. The lowest BCUT2D eigenvalue weighted by atomic mass is 9.89. The van der Waals surface area contributed by atoms with Gasteiger partial charge >= 0.3 is 0 Å². The van der Waals surface area contributed by atoms with Crippen molar-refractivity contribution in [2.45, 2.75) is 12.0 Å². The van der Waals surface area contributed by atoms with E-state index in [-0.39, 0.29) is 0 Å². The molecule has 1 aliphatic heterocycles. The summed E-state index contributed by atoms with van der Waals surface area (Å²) in [6, 6.07) is 11.7. The molecule has 1 unspecified atom stereocenters. The lowest BCUT2D eigenvalue weighted by Crippen LogP contribution is -2.43. The molecule has 1 atom stereocenters. The monoisotopic (exact) mass is 277 g/mol. The Kier molecular flexibility index (Phi) is 4.70. The first-order chi connectivity index (χ1) is 9.14. The van der Waals surface area contributed by atoms with E-state index in [1.807, 2.05) is 30.3 Å². The third kappa shape index (κ3) is 3.63. The van der Waals surface area contributed by atoms with Crippen LogP contribution in [0.3, 0.4) is 0 Å². The third-order valence-corrected chi connectivity index (χ3v) is 4.86. The van der Waals surface area contributed by atoms with Crippen molar-refractivity contribution in [2.75, 3.05) is 31.1 Å². The Balaban J connectivity index is 1.96. The van der Waals surface area contributed by atoms with Gasteiger partial charge in [0, 0.05) is 41.9 Å². The Labute approximate surface area is 116 Å². The Bertz CT molecular complexity index is 475. The van der Waals surface area contributed by atoms with Gasteiger partial charge in [-0.1, -0.05) is 30.3 Å². The second kappa shape index (κ2) is 6.29. The van der Waals surface area contributed by atoms with Crippen LogP contribution in [0.25, 0.3) is 0 Å². The van der Waals surface area contributed by atoms with Gasteiger partial charge in [-0.15, -0.1) is 0 Å². The van der Waals surface area contributed by atoms with Gasteiger partial charge in [0.25, 0.3) is 0 Å². The summed E-state index contributed by atoms with van der Waals surface area (Å²) in [5, 5.41) is 9.37. The van der Waals surface area contributed by atoms with Crippen molar-refractivity contribution in [3.05, 3.63) is 35.9 Å². The number of rotatable bonds is 4. The van der Waals surface area contributed by atoms with E-state index in [9.17, 15) is 9.47 Å². The quantitative estimate of drug-likeness (QED) is 0.884. The molecule has 2 rings (SSSR count). The maximum atomic E-state index is 11.3. The molecule has 1 aliphatic rings. The van der Waals surface area contributed by atoms with Crippen LogP contribution >= 0.6 is 0 Å². The van der Waals surface area contributed by atoms with Crippen LogP contribution < -0.4 is 5.73 Å². The highest BCUT2D eigenvalue weighted by atomic mass is 32.2.